The van der Waals surface area contributed by atoms with E-state index in [9.17, 15) is 18.3 Å². The summed E-state index contributed by atoms with van der Waals surface area (Å²) >= 11 is 17.3. The molecule has 2 aromatic carbocycles. The number of phenols is 1. The van der Waals surface area contributed by atoms with Gasteiger partial charge in [0.05, 0.1) is 10.6 Å². The zero-order valence-electron chi connectivity index (χ0n) is 12.5. The van der Waals surface area contributed by atoms with Gasteiger partial charge in [-0.25, -0.2) is 0 Å². The van der Waals surface area contributed by atoms with Gasteiger partial charge in [-0.1, -0.05) is 47.6 Å². The highest BCUT2D eigenvalue weighted by Crippen LogP contribution is 2.36. The molecule has 0 saturated heterocycles. The molecule has 0 aliphatic heterocycles. The van der Waals surface area contributed by atoms with E-state index < -0.39 is 11.7 Å². The zero-order chi connectivity index (χ0) is 18.1. The Labute approximate surface area is 153 Å². The third kappa shape index (κ3) is 4.41. The maximum atomic E-state index is 12.5. The molecule has 2 aromatic rings. The zero-order valence-corrected chi connectivity index (χ0v) is 14.9. The quantitative estimate of drug-likeness (QED) is 0.626. The first kappa shape index (κ1) is 19.0. The normalized spacial score (nSPS) is 11.6. The number of thiocarbonyl (C=S) groups is 1. The summed E-state index contributed by atoms with van der Waals surface area (Å²) in [4.78, 5) is 0.557. The number of benzene rings is 2. The monoisotopic (exact) mass is 392 g/mol. The Balaban J connectivity index is 2.12. The highest BCUT2D eigenvalue weighted by molar-refractivity contribution is 7.80. The number of aromatic hydroxyl groups is 1. The number of halogens is 5. The second-order valence-corrected chi connectivity index (χ2v) is 6.75. The smallest absolute Gasteiger partial charge is 0.416 e. The number of hydrogen-bond donors (Lipinski definition) is 1. The molecule has 0 unspecified atom stereocenters. The fourth-order valence-electron chi connectivity index (χ4n) is 2.20. The average molecular weight is 393 g/mol. The first-order valence-electron chi connectivity index (χ1n) is 6.94. The summed E-state index contributed by atoms with van der Waals surface area (Å²) in [5, 5.41) is 10.7. The van der Waals surface area contributed by atoms with Crippen LogP contribution >= 0.6 is 35.4 Å². The van der Waals surface area contributed by atoms with Gasteiger partial charge in [-0.2, -0.15) is 13.2 Å². The van der Waals surface area contributed by atoms with Crippen molar-refractivity contribution in [2.24, 2.45) is 0 Å². The molecule has 1 nitrogen and oxygen atoms in total. The lowest BCUT2D eigenvalue weighted by Gasteiger charge is -2.12. The predicted molar refractivity (Wildman–Crippen MR) is 94.3 cm³/mol. The lowest BCUT2D eigenvalue weighted by atomic mass is 10.0. The Morgan fingerprint density at radius 1 is 1.12 bits per heavy atom. The number of alkyl halides is 3. The maximum absolute atomic E-state index is 12.5. The van der Waals surface area contributed by atoms with Crippen LogP contribution in [0.1, 0.15) is 22.3 Å². The van der Waals surface area contributed by atoms with Crippen molar-refractivity contribution in [3.05, 3.63) is 62.6 Å². The van der Waals surface area contributed by atoms with E-state index in [2.05, 4.69) is 0 Å². The molecule has 0 saturated carbocycles. The molecule has 0 aliphatic carbocycles. The van der Waals surface area contributed by atoms with Crippen LogP contribution < -0.4 is 0 Å². The van der Waals surface area contributed by atoms with Crippen molar-refractivity contribution in [3.63, 3.8) is 0 Å². The molecule has 7 heteroatoms. The van der Waals surface area contributed by atoms with Crippen LogP contribution in [0.15, 0.2) is 30.3 Å². The summed E-state index contributed by atoms with van der Waals surface area (Å²) in [5.41, 5.74) is 1.03. The standard InChI is InChI=1S/C17H13Cl2F3OS/c1-9-14(18)8-11(16(23)15(9)19)7-13(24)6-10-2-4-12(5-3-10)17(20,21)22/h2-5,8,23H,6-7H2,1H3. The van der Waals surface area contributed by atoms with Gasteiger partial charge in [-0.3, -0.25) is 0 Å². The van der Waals surface area contributed by atoms with Gasteiger partial charge in [0, 0.05) is 28.3 Å². The molecule has 24 heavy (non-hydrogen) atoms. The van der Waals surface area contributed by atoms with E-state index in [1.807, 2.05) is 0 Å². The molecule has 2 rings (SSSR count). The third-order valence-electron chi connectivity index (χ3n) is 3.57. The number of phenolic OH excluding ortho intramolecular Hbond substituents is 1. The maximum Gasteiger partial charge on any atom is 0.416 e. The molecule has 128 valence electrons. The fraction of sp³-hybridized carbons (Fsp3) is 0.235. The molecule has 0 fully saturated rings. The van der Waals surface area contributed by atoms with Gasteiger partial charge in [0.1, 0.15) is 5.75 Å². The Morgan fingerprint density at radius 3 is 2.25 bits per heavy atom. The van der Waals surface area contributed by atoms with Crippen LogP contribution in [0.4, 0.5) is 13.2 Å². The molecule has 0 atom stereocenters. The predicted octanol–water partition coefficient (Wildman–Crippen LogP) is 6.18. The van der Waals surface area contributed by atoms with E-state index in [1.54, 1.807) is 13.0 Å². The van der Waals surface area contributed by atoms with Crippen LogP contribution in [0.25, 0.3) is 0 Å². The van der Waals surface area contributed by atoms with Gasteiger partial charge in [0.25, 0.3) is 0 Å². The lowest BCUT2D eigenvalue weighted by Crippen LogP contribution is -2.07. The van der Waals surface area contributed by atoms with Crippen LogP contribution in [-0.4, -0.2) is 9.97 Å². The van der Waals surface area contributed by atoms with Gasteiger partial charge in [0.2, 0.25) is 0 Å². The Bertz CT molecular complexity index is 771. The molecule has 0 aromatic heterocycles. The summed E-state index contributed by atoms with van der Waals surface area (Å²) in [6.45, 7) is 1.69. The second-order valence-electron chi connectivity index (χ2n) is 5.39. The van der Waals surface area contributed by atoms with Crippen molar-refractivity contribution in [1.82, 2.24) is 0 Å². The summed E-state index contributed by atoms with van der Waals surface area (Å²) in [5.74, 6) is -0.0756. The highest BCUT2D eigenvalue weighted by Gasteiger charge is 2.29. The van der Waals surface area contributed by atoms with Crippen LogP contribution in [-0.2, 0) is 19.0 Å². The summed E-state index contributed by atoms with van der Waals surface area (Å²) in [6, 6.07) is 6.43. The molecule has 0 bridgehead atoms. The summed E-state index contributed by atoms with van der Waals surface area (Å²) in [7, 11) is 0. The van der Waals surface area contributed by atoms with Crippen molar-refractivity contribution in [1.29, 1.82) is 0 Å². The number of hydrogen-bond acceptors (Lipinski definition) is 2. The van der Waals surface area contributed by atoms with E-state index in [4.69, 9.17) is 35.4 Å². The first-order chi connectivity index (χ1) is 11.1. The summed E-state index contributed by atoms with van der Waals surface area (Å²) in [6.07, 6.45) is -3.79. The fourth-order valence-corrected chi connectivity index (χ4v) is 3.02. The van der Waals surface area contributed by atoms with E-state index in [1.165, 1.54) is 12.1 Å². The Hall–Kier alpha value is -1.30. The SMILES string of the molecule is Cc1c(Cl)cc(CC(=S)Cc2ccc(C(F)(F)F)cc2)c(O)c1Cl. The van der Waals surface area contributed by atoms with Crippen LogP contribution in [0.5, 0.6) is 5.75 Å². The Morgan fingerprint density at radius 2 is 1.71 bits per heavy atom. The number of rotatable bonds is 4. The summed E-state index contributed by atoms with van der Waals surface area (Å²) < 4.78 is 37.6. The molecule has 0 radical (unpaired) electrons. The average Bonchev–Trinajstić information content (AvgIpc) is 2.50. The molecule has 0 spiro atoms. The van der Waals surface area contributed by atoms with Gasteiger partial charge in [0.15, 0.2) is 0 Å². The van der Waals surface area contributed by atoms with Crippen molar-refractivity contribution in [3.8, 4) is 5.75 Å². The highest BCUT2D eigenvalue weighted by atomic mass is 35.5. The topological polar surface area (TPSA) is 20.2 Å². The molecule has 0 amide bonds. The minimum absolute atomic E-state index is 0.0756. The van der Waals surface area contributed by atoms with Gasteiger partial charge in [-0.15, -0.1) is 0 Å². The van der Waals surface area contributed by atoms with Crippen molar-refractivity contribution in [2.45, 2.75) is 25.9 Å². The second kappa shape index (κ2) is 7.30. The largest absolute Gasteiger partial charge is 0.506 e. The van der Waals surface area contributed by atoms with E-state index in [0.29, 0.717) is 33.0 Å². The van der Waals surface area contributed by atoms with Crippen LogP contribution in [0.2, 0.25) is 10.0 Å². The van der Waals surface area contributed by atoms with Gasteiger partial charge < -0.3 is 5.11 Å². The lowest BCUT2D eigenvalue weighted by molar-refractivity contribution is -0.137. The molecule has 0 heterocycles. The van der Waals surface area contributed by atoms with E-state index in [0.717, 1.165) is 12.1 Å². The Kier molecular flexibility index (Phi) is 5.78. The van der Waals surface area contributed by atoms with E-state index in [-0.39, 0.29) is 17.2 Å². The van der Waals surface area contributed by atoms with Crippen LogP contribution in [0.3, 0.4) is 0 Å². The molecule has 1 N–H and O–H groups in total. The minimum atomic E-state index is -4.36. The van der Waals surface area contributed by atoms with E-state index >= 15 is 0 Å². The van der Waals surface area contributed by atoms with Crippen molar-refractivity contribution >= 4 is 40.3 Å². The van der Waals surface area contributed by atoms with Crippen molar-refractivity contribution < 1.29 is 18.3 Å². The van der Waals surface area contributed by atoms with Crippen LogP contribution in [0, 0.1) is 6.92 Å². The minimum Gasteiger partial charge on any atom is -0.506 e. The third-order valence-corrected chi connectivity index (χ3v) is 4.71. The van der Waals surface area contributed by atoms with Gasteiger partial charge in [-0.05, 0) is 36.2 Å². The molecular weight excluding hydrogens is 380 g/mol. The van der Waals surface area contributed by atoms with Gasteiger partial charge >= 0.3 is 6.18 Å². The first-order valence-corrected chi connectivity index (χ1v) is 8.10. The van der Waals surface area contributed by atoms with Crippen molar-refractivity contribution in [2.75, 3.05) is 0 Å². The molecular formula is C17H13Cl2F3OS. The molecule has 0 aliphatic rings.